The van der Waals surface area contributed by atoms with Crippen molar-refractivity contribution in [3.8, 4) is 0 Å². The van der Waals surface area contributed by atoms with Gasteiger partial charge in [0.2, 0.25) is 10.0 Å². The van der Waals surface area contributed by atoms with Gasteiger partial charge in [-0.25, -0.2) is 8.42 Å². The van der Waals surface area contributed by atoms with E-state index in [1.165, 1.54) is 0 Å². The van der Waals surface area contributed by atoms with E-state index in [2.05, 4.69) is 17.0 Å². The molecule has 1 saturated heterocycles. The van der Waals surface area contributed by atoms with E-state index in [0.29, 0.717) is 17.6 Å². The van der Waals surface area contributed by atoms with Gasteiger partial charge in [0.1, 0.15) is 0 Å². The van der Waals surface area contributed by atoms with Crippen molar-refractivity contribution in [1.82, 2.24) is 0 Å². The molecule has 1 aromatic carbocycles. The summed E-state index contributed by atoms with van der Waals surface area (Å²) in [5.41, 5.74) is 2.46. The van der Waals surface area contributed by atoms with Crippen LogP contribution in [0.3, 0.4) is 0 Å². The first kappa shape index (κ1) is 15.1. The Morgan fingerprint density at radius 3 is 2.75 bits per heavy atom. The van der Waals surface area contributed by atoms with Gasteiger partial charge in [-0.1, -0.05) is 13.0 Å². The summed E-state index contributed by atoms with van der Waals surface area (Å²) >= 11 is 0. The first-order valence-corrected chi connectivity index (χ1v) is 8.67. The molecule has 2 rings (SSSR count). The Morgan fingerprint density at radius 2 is 2.10 bits per heavy atom. The van der Waals surface area contributed by atoms with Gasteiger partial charge in [-0.2, -0.15) is 0 Å². The number of aryl methyl sites for hydroxylation is 1. The fourth-order valence-corrected chi connectivity index (χ4v) is 2.95. The maximum Gasteiger partial charge on any atom is 0.229 e. The van der Waals surface area contributed by atoms with Crippen LogP contribution in [0.15, 0.2) is 18.2 Å². The molecule has 1 aliphatic heterocycles. The van der Waals surface area contributed by atoms with Gasteiger partial charge in [-0.15, -0.1) is 0 Å². The number of hydrogen-bond donors (Lipinski definition) is 2. The molecule has 0 spiro atoms. The van der Waals surface area contributed by atoms with Gasteiger partial charge in [0.05, 0.1) is 18.6 Å². The van der Waals surface area contributed by atoms with Crippen molar-refractivity contribution < 1.29 is 13.2 Å². The second-order valence-electron chi connectivity index (χ2n) is 5.50. The van der Waals surface area contributed by atoms with Crippen molar-refractivity contribution >= 4 is 21.4 Å². The molecule has 20 heavy (non-hydrogen) atoms. The number of nitrogens with one attached hydrogen (secondary N) is 2. The van der Waals surface area contributed by atoms with E-state index in [-0.39, 0.29) is 0 Å². The highest BCUT2D eigenvalue weighted by Crippen LogP contribution is 2.24. The van der Waals surface area contributed by atoms with Crippen LogP contribution in [0.2, 0.25) is 0 Å². The third kappa shape index (κ3) is 4.11. The largest absolute Gasteiger partial charge is 0.382 e. The lowest BCUT2D eigenvalue weighted by Crippen LogP contribution is -2.35. The van der Waals surface area contributed by atoms with E-state index in [9.17, 15) is 8.42 Å². The quantitative estimate of drug-likeness (QED) is 0.894. The molecule has 0 unspecified atom stereocenters. The van der Waals surface area contributed by atoms with Crippen LogP contribution in [0.1, 0.15) is 18.9 Å². The third-order valence-electron chi connectivity index (χ3n) is 3.53. The summed E-state index contributed by atoms with van der Waals surface area (Å²) in [6, 6.07) is 6.10. The maximum atomic E-state index is 11.4. The summed E-state index contributed by atoms with van der Waals surface area (Å²) in [7, 11) is -3.26. The minimum Gasteiger partial charge on any atom is -0.382 e. The summed E-state index contributed by atoms with van der Waals surface area (Å²) in [6.45, 7) is 5.56. The zero-order valence-electron chi connectivity index (χ0n) is 12.1. The SMILES string of the molecule is Cc1ccc(N[C@@H]2CCOC[C@@H]2C)cc1NS(C)(=O)=O. The molecule has 5 nitrogen and oxygen atoms in total. The smallest absolute Gasteiger partial charge is 0.229 e. The Kier molecular flexibility index (Phi) is 4.55. The Bertz CT molecular complexity index is 572. The van der Waals surface area contributed by atoms with Crippen molar-refractivity contribution in [3.63, 3.8) is 0 Å². The van der Waals surface area contributed by atoms with Crippen LogP contribution in [0.4, 0.5) is 11.4 Å². The van der Waals surface area contributed by atoms with Crippen molar-refractivity contribution in [1.29, 1.82) is 0 Å². The zero-order valence-corrected chi connectivity index (χ0v) is 13.0. The summed E-state index contributed by atoms with van der Waals surface area (Å²) < 4.78 is 30.7. The lowest BCUT2D eigenvalue weighted by Gasteiger charge is -2.30. The van der Waals surface area contributed by atoms with Crippen LogP contribution in [0.5, 0.6) is 0 Å². The molecule has 2 N–H and O–H groups in total. The molecule has 0 radical (unpaired) electrons. The monoisotopic (exact) mass is 298 g/mol. The van der Waals surface area contributed by atoms with E-state index in [4.69, 9.17) is 4.74 Å². The fourth-order valence-electron chi connectivity index (χ4n) is 2.33. The van der Waals surface area contributed by atoms with Crippen molar-refractivity contribution in [2.24, 2.45) is 5.92 Å². The van der Waals surface area contributed by atoms with E-state index in [1.807, 2.05) is 25.1 Å². The van der Waals surface area contributed by atoms with Gasteiger partial charge in [0.25, 0.3) is 0 Å². The lowest BCUT2D eigenvalue weighted by atomic mass is 9.97. The molecule has 0 aliphatic carbocycles. The van der Waals surface area contributed by atoms with Crippen LogP contribution in [0, 0.1) is 12.8 Å². The molecule has 1 fully saturated rings. The molecule has 2 atom stereocenters. The molecule has 112 valence electrons. The molecule has 0 saturated carbocycles. The van der Waals surface area contributed by atoms with E-state index < -0.39 is 10.0 Å². The molecule has 1 aliphatic rings. The minimum atomic E-state index is -3.26. The Morgan fingerprint density at radius 1 is 1.35 bits per heavy atom. The third-order valence-corrected chi connectivity index (χ3v) is 4.12. The van der Waals surface area contributed by atoms with Crippen molar-refractivity contribution in [2.75, 3.05) is 29.5 Å². The Balaban J connectivity index is 2.14. The van der Waals surface area contributed by atoms with E-state index >= 15 is 0 Å². The van der Waals surface area contributed by atoms with Gasteiger partial charge >= 0.3 is 0 Å². The topological polar surface area (TPSA) is 67.4 Å². The van der Waals surface area contributed by atoms with Crippen LogP contribution < -0.4 is 10.0 Å². The molecular weight excluding hydrogens is 276 g/mol. The minimum absolute atomic E-state index is 0.359. The second kappa shape index (κ2) is 6.01. The molecular formula is C14H22N2O3S. The first-order valence-electron chi connectivity index (χ1n) is 6.78. The van der Waals surface area contributed by atoms with Crippen LogP contribution in [-0.2, 0) is 14.8 Å². The van der Waals surface area contributed by atoms with Crippen molar-refractivity contribution in [2.45, 2.75) is 26.3 Å². The van der Waals surface area contributed by atoms with E-state index in [1.54, 1.807) is 0 Å². The van der Waals surface area contributed by atoms with Gasteiger partial charge in [-0.05, 0) is 37.0 Å². The number of sulfonamides is 1. The van der Waals surface area contributed by atoms with Gasteiger partial charge in [0.15, 0.2) is 0 Å². The number of benzene rings is 1. The Hall–Kier alpha value is -1.27. The second-order valence-corrected chi connectivity index (χ2v) is 7.24. The predicted octanol–water partition coefficient (Wildman–Crippen LogP) is 2.20. The average Bonchev–Trinajstić information content (AvgIpc) is 2.34. The van der Waals surface area contributed by atoms with Crippen molar-refractivity contribution in [3.05, 3.63) is 23.8 Å². The molecule has 1 heterocycles. The molecule has 1 aromatic rings. The summed E-state index contributed by atoms with van der Waals surface area (Å²) in [4.78, 5) is 0. The molecule has 0 bridgehead atoms. The molecule has 6 heteroatoms. The highest BCUT2D eigenvalue weighted by molar-refractivity contribution is 7.92. The highest BCUT2D eigenvalue weighted by atomic mass is 32.2. The predicted molar refractivity (Wildman–Crippen MR) is 81.7 cm³/mol. The number of rotatable bonds is 4. The summed E-state index contributed by atoms with van der Waals surface area (Å²) in [5, 5.41) is 3.47. The summed E-state index contributed by atoms with van der Waals surface area (Å²) in [6.07, 6.45) is 2.12. The highest BCUT2D eigenvalue weighted by Gasteiger charge is 2.21. The normalized spacial score (nSPS) is 23.4. The van der Waals surface area contributed by atoms with Crippen LogP contribution in [0.25, 0.3) is 0 Å². The van der Waals surface area contributed by atoms with Gasteiger partial charge < -0.3 is 10.1 Å². The molecule has 0 amide bonds. The van der Waals surface area contributed by atoms with Gasteiger partial charge in [0, 0.05) is 18.3 Å². The fraction of sp³-hybridized carbons (Fsp3) is 0.571. The number of anilines is 2. The van der Waals surface area contributed by atoms with Gasteiger partial charge in [-0.3, -0.25) is 4.72 Å². The Labute approximate surface area is 120 Å². The molecule has 0 aromatic heterocycles. The first-order chi connectivity index (χ1) is 9.35. The van der Waals surface area contributed by atoms with E-state index in [0.717, 1.165) is 37.1 Å². The lowest BCUT2D eigenvalue weighted by molar-refractivity contribution is 0.0538. The van der Waals surface area contributed by atoms with Crippen LogP contribution >= 0.6 is 0 Å². The number of hydrogen-bond acceptors (Lipinski definition) is 4. The maximum absolute atomic E-state index is 11.4. The average molecular weight is 298 g/mol. The number of ether oxygens (including phenoxy) is 1. The van der Waals surface area contributed by atoms with Crippen LogP contribution in [-0.4, -0.2) is 33.9 Å². The zero-order chi connectivity index (χ0) is 14.8. The summed E-state index contributed by atoms with van der Waals surface area (Å²) in [5.74, 6) is 0.441. The standard InChI is InChI=1S/C14H22N2O3S/c1-10-4-5-12(8-14(10)16-20(3,17)18)15-13-6-7-19-9-11(13)2/h4-5,8,11,13,15-16H,6-7,9H2,1-3H3/t11-,13+/m0/s1.